The summed E-state index contributed by atoms with van der Waals surface area (Å²) >= 11 is 6.93. The van der Waals surface area contributed by atoms with Crippen LogP contribution in [0, 0.1) is 0 Å². The van der Waals surface area contributed by atoms with E-state index in [1.165, 1.54) is 0 Å². The lowest BCUT2D eigenvalue weighted by Crippen LogP contribution is -2.22. The number of hydrogen-bond acceptors (Lipinski definition) is 2. The van der Waals surface area contributed by atoms with Crippen LogP contribution in [-0.2, 0) is 6.54 Å². The summed E-state index contributed by atoms with van der Waals surface area (Å²) in [7, 11) is 0. The van der Waals surface area contributed by atoms with Crippen LogP contribution in [0.4, 0.5) is 0 Å². The lowest BCUT2D eigenvalue weighted by Gasteiger charge is -2.14. The average Bonchev–Trinajstić information content (AvgIpc) is 2.41. The molecule has 0 radical (unpaired) electrons. The van der Waals surface area contributed by atoms with Gasteiger partial charge in [0.25, 0.3) is 0 Å². The molecule has 106 valence electrons. The lowest BCUT2D eigenvalue weighted by molar-refractivity contribution is 0.469. The van der Waals surface area contributed by atoms with Crippen molar-refractivity contribution < 1.29 is 4.74 Å². The maximum absolute atomic E-state index is 5.97. The first-order chi connectivity index (χ1) is 9.54. The molecule has 0 spiro atoms. The number of halogens is 2. The van der Waals surface area contributed by atoms with E-state index in [4.69, 9.17) is 4.74 Å². The summed E-state index contributed by atoms with van der Waals surface area (Å²) in [5.74, 6) is 1.71. The van der Waals surface area contributed by atoms with Gasteiger partial charge in [0, 0.05) is 27.1 Å². The summed E-state index contributed by atoms with van der Waals surface area (Å²) in [4.78, 5) is 0. The van der Waals surface area contributed by atoms with Gasteiger partial charge in [0.05, 0.1) is 0 Å². The van der Waals surface area contributed by atoms with Crippen LogP contribution in [-0.4, -0.2) is 6.04 Å². The Labute approximate surface area is 136 Å². The van der Waals surface area contributed by atoms with Gasteiger partial charge in [-0.25, -0.2) is 0 Å². The normalized spacial score (nSPS) is 10.8. The first kappa shape index (κ1) is 15.5. The fourth-order valence-corrected chi connectivity index (χ4v) is 2.40. The molecule has 4 heteroatoms. The Morgan fingerprint density at radius 3 is 2.30 bits per heavy atom. The van der Waals surface area contributed by atoms with Gasteiger partial charge in [0.2, 0.25) is 0 Å². The molecule has 0 saturated heterocycles. The molecule has 2 aromatic carbocycles. The maximum Gasteiger partial charge on any atom is 0.131 e. The van der Waals surface area contributed by atoms with Crippen molar-refractivity contribution in [2.45, 2.75) is 26.4 Å². The summed E-state index contributed by atoms with van der Waals surface area (Å²) in [6.45, 7) is 5.05. The zero-order chi connectivity index (χ0) is 14.5. The zero-order valence-electron chi connectivity index (χ0n) is 11.5. The van der Waals surface area contributed by atoms with Crippen LogP contribution >= 0.6 is 31.9 Å². The number of benzene rings is 2. The number of nitrogens with one attached hydrogen (secondary N) is 1. The molecule has 0 bridgehead atoms. The summed E-state index contributed by atoms with van der Waals surface area (Å²) in [5.41, 5.74) is 1.14. The largest absolute Gasteiger partial charge is 0.457 e. The Balaban J connectivity index is 2.19. The van der Waals surface area contributed by atoms with Crippen LogP contribution in [0.5, 0.6) is 11.5 Å². The van der Waals surface area contributed by atoms with E-state index in [1.807, 2.05) is 36.4 Å². The highest BCUT2D eigenvalue weighted by Gasteiger charge is 2.07. The molecule has 0 atom stereocenters. The van der Waals surface area contributed by atoms with Gasteiger partial charge in [-0.05, 0) is 42.5 Å². The van der Waals surface area contributed by atoms with Gasteiger partial charge < -0.3 is 10.1 Å². The molecule has 0 amide bonds. The molecule has 2 nitrogen and oxygen atoms in total. The van der Waals surface area contributed by atoms with E-state index in [2.05, 4.69) is 57.1 Å². The van der Waals surface area contributed by atoms with Crippen molar-refractivity contribution in [1.29, 1.82) is 0 Å². The molecule has 20 heavy (non-hydrogen) atoms. The summed E-state index contributed by atoms with van der Waals surface area (Å²) in [6, 6.07) is 14.4. The van der Waals surface area contributed by atoms with Gasteiger partial charge in [0.15, 0.2) is 0 Å². The van der Waals surface area contributed by atoms with Crippen molar-refractivity contribution in [3.63, 3.8) is 0 Å². The molecule has 0 heterocycles. The van der Waals surface area contributed by atoms with Crippen molar-refractivity contribution in [2.75, 3.05) is 0 Å². The lowest BCUT2D eigenvalue weighted by atomic mass is 10.2. The molecule has 0 aliphatic heterocycles. The summed E-state index contributed by atoms with van der Waals surface area (Å²) in [6.07, 6.45) is 0. The van der Waals surface area contributed by atoms with Gasteiger partial charge in [-0.2, -0.15) is 0 Å². The van der Waals surface area contributed by atoms with Crippen molar-refractivity contribution in [3.8, 4) is 11.5 Å². The molecular weight excluding hydrogens is 382 g/mol. The topological polar surface area (TPSA) is 21.3 Å². The number of ether oxygens (including phenoxy) is 1. The second-order valence-electron chi connectivity index (χ2n) is 4.84. The Kier molecular flexibility index (Phi) is 5.64. The number of hydrogen-bond donors (Lipinski definition) is 1. The molecular formula is C16H17Br2NO. The van der Waals surface area contributed by atoms with Crippen molar-refractivity contribution in [3.05, 3.63) is 57.0 Å². The van der Waals surface area contributed by atoms with E-state index in [0.29, 0.717) is 6.04 Å². The second-order valence-corrected chi connectivity index (χ2v) is 6.67. The van der Waals surface area contributed by atoms with Gasteiger partial charge in [-0.3, -0.25) is 0 Å². The minimum Gasteiger partial charge on any atom is -0.457 e. The van der Waals surface area contributed by atoms with Gasteiger partial charge in [0.1, 0.15) is 11.5 Å². The van der Waals surface area contributed by atoms with E-state index in [0.717, 1.165) is 32.6 Å². The van der Waals surface area contributed by atoms with E-state index in [-0.39, 0.29) is 0 Å². The highest BCUT2D eigenvalue weighted by molar-refractivity contribution is 9.10. The smallest absolute Gasteiger partial charge is 0.131 e. The Hall–Kier alpha value is -0.840. The van der Waals surface area contributed by atoms with Crippen molar-refractivity contribution in [1.82, 2.24) is 5.32 Å². The van der Waals surface area contributed by atoms with E-state index in [9.17, 15) is 0 Å². The monoisotopic (exact) mass is 397 g/mol. The molecule has 0 saturated carbocycles. The highest BCUT2D eigenvalue weighted by Crippen LogP contribution is 2.29. The standard InChI is InChI=1S/C16H17Br2NO/c1-11(2)19-10-12-9-14(18)5-8-16(12)20-15-6-3-13(17)4-7-15/h3-9,11,19H,10H2,1-2H3. The zero-order valence-corrected chi connectivity index (χ0v) is 14.7. The van der Waals surface area contributed by atoms with E-state index >= 15 is 0 Å². The fraction of sp³-hybridized carbons (Fsp3) is 0.250. The predicted molar refractivity (Wildman–Crippen MR) is 90.3 cm³/mol. The van der Waals surface area contributed by atoms with Gasteiger partial charge >= 0.3 is 0 Å². The Morgan fingerprint density at radius 2 is 1.65 bits per heavy atom. The number of rotatable bonds is 5. The highest BCUT2D eigenvalue weighted by atomic mass is 79.9. The molecule has 0 unspecified atom stereocenters. The SMILES string of the molecule is CC(C)NCc1cc(Br)ccc1Oc1ccc(Br)cc1. The summed E-state index contributed by atoms with van der Waals surface area (Å²) in [5, 5.41) is 3.42. The minimum absolute atomic E-state index is 0.439. The first-order valence-corrected chi connectivity index (χ1v) is 8.08. The van der Waals surface area contributed by atoms with Gasteiger partial charge in [-0.1, -0.05) is 45.7 Å². The van der Waals surface area contributed by atoms with Crippen LogP contribution in [0.3, 0.4) is 0 Å². The fourth-order valence-electron chi connectivity index (χ4n) is 1.73. The van der Waals surface area contributed by atoms with Gasteiger partial charge in [-0.15, -0.1) is 0 Å². The molecule has 0 fully saturated rings. The van der Waals surface area contributed by atoms with E-state index in [1.54, 1.807) is 0 Å². The Morgan fingerprint density at radius 1 is 1.00 bits per heavy atom. The third-order valence-electron chi connectivity index (χ3n) is 2.76. The molecule has 0 aliphatic carbocycles. The molecule has 1 N–H and O–H groups in total. The van der Waals surface area contributed by atoms with Crippen LogP contribution in [0.1, 0.15) is 19.4 Å². The van der Waals surface area contributed by atoms with Crippen molar-refractivity contribution in [2.24, 2.45) is 0 Å². The molecule has 0 aliphatic rings. The molecule has 2 rings (SSSR count). The predicted octanol–water partition coefficient (Wildman–Crippen LogP) is 5.50. The van der Waals surface area contributed by atoms with E-state index < -0.39 is 0 Å². The molecule has 0 aromatic heterocycles. The molecule has 2 aromatic rings. The van der Waals surface area contributed by atoms with Crippen LogP contribution in [0.15, 0.2) is 51.4 Å². The quantitative estimate of drug-likeness (QED) is 0.717. The van der Waals surface area contributed by atoms with Crippen LogP contribution in [0.2, 0.25) is 0 Å². The summed E-state index contributed by atoms with van der Waals surface area (Å²) < 4.78 is 8.07. The van der Waals surface area contributed by atoms with Crippen molar-refractivity contribution >= 4 is 31.9 Å². The minimum atomic E-state index is 0.439. The first-order valence-electron chi connectivity index (χ1n) is 6.50. The third-order valence-corrected chi connectivity index (χ3v) is 3.79. The maximum atomic E-state index is 5.97. The average molecular weight is 399 g/mol. The Bertz CT molecular complexity index is 567. The second kappa shape index (κ2) is 7.25. The third kappa shape index (κ3) is 4.62. The van der Waals surface area contributed by atoms with Crippen LogP contribution < -0.4 is 10.1 Å². The van der Waals surface area contributed by atoms with Crippen LogP contribution in [0.25, 0.3) is 0 Å².